The molecule has 2 atom stereocenters. The Hall–Kier alpha value is -1.35. The molecule has 1 saturated heterocycles. The van der Waals surface area contributed by atoms with Crippen molar-refractivity contribution in [2.45, 2.75) is 32.8 Å². The zero-order chi connectivity index (χ0) is 13.0. The second kappa shape index (κ2) is 6.01. The summed E-state index contributed by atoms with van der Waals surface area (Å²) in [6.45, 7) is 5.82. The lowest BCUT2D eigenvalue weighted by atomic mass is 10.0. The fourth-order valence-corrected chi connectivity index (χ4v) is 2.27. The highest BCUT2D eigenvalue weighted by molar-refractivity contribution is 5.96. The van der Waals surface area contributed by atoms with Crippen LogP contribution in [-0.2, 0) is 4.74 Å². The molecule has 0 saturated carbocycles. The number of anilines is 1. The van der Waals surface area contributed by atoms with Gasteiger partial charge >= 0.3 is 0 Å². The van der Waals surface area contributed by atoms with E-state index in [1.807, 2.05) is 31.2 Å². The number of hydrogen-bond acceptors (Lipinski definition) is 3. The third-order valence-corrected chi connectivity index (χ3v) is 3.63. The molecule has 2 rings (SSSR count). The van der Waals surface area contributed by atoms with Gasteiger partial charge in [0.25, 0.3) is 0 Å². The van der Waals surface area contributed by atoms with Gasteiger partial charge in [0.2, 0.25) is 0 Å². The van der Waals surface area contributed by atoms with Gasteiger partial charge in [-0.3, -0.25) is 4.79 Å². The minimum absolute atomic E-state index is 0.194. The maximum atomic E-state index is 11.5. The number of rotatable bonds is 5. The van der Waals surface area contributed by atoms with Crippen LogP contribution in [0, 0.1) is 5.92 Å². The largest absolute Gasteiger partial charge is 0.385 e. The number of hydrogen-bond donors (Lipinski definition) is 1. The smallest absolute Gasteiger partial charge is 0.162 e. The van der Waals surface area contributed by atoms with Crippen molar-refractivity contribution in [1.29, 1.82) is 0 Å². The van der Waals surface area contributed by atoms with Crippen molar-refractivity contribution in [3.8, 4) is 0 Å². The lowest BCUT2D eigenvalue weighted by molar-refractivity contribution is 0.0988. The van der Waals surface area contributed by atoms with Crippen molar-refractivity contribution < 1.29 is 9.53 Å². The SMILES string of the molecule is CCC(=O)c1ccc(NCC2CCOC2C)cc1. The summed E-state index contributed by atoms with van der Waals surface area (Å²) in [5, 5.41) is 3.41. The van der Waals surface area contributed by atoms with Crippen molar-refractivity contribution in [3.63, 3.8) is 0 Å². The van der Waals surface area contributed by atoms with Crippen LogP contribution in [0.15, 0.2) is 24.3 Å². The van der Waals surface area contributed by atoms with E-state index >= 15 is 0 Å². The fourth-order valence-electron chi connectivity index (χ4n) is 2.27. The van der Waals surface area contributed by atoms with Crippen LogP contribution in [0.3, 0.4) is 0 Å². The van der Waals surface area contributed by atoms with Crippen molar-refractivity contribution >= 4 is 11.5 Å². The Kier molecular flexibility index (Phi) is 4.37. The number of carbonyl (C=O) groups is 1. The maximum Gasteiger partial charge on any atom is 0.162 e. The monoisotopic (exact) mass is 247 g/mol. The van der Waals surface area contributed by atoms with Crippen LogP contribution in [0.25, 0.3) is 0 Å². The molecule has 0 radical (unpaired) electrons. The van der Waals surface area contributed by atoms with Crippen LogP contribution in [0.4, 0.5) is 5.69 Å². The second-order valence-electron chi connectivity index (χ2n) is 4.86. The molecule has 3 heteroatoms. The van der Waals surface area contributed by atoms with E-state index in [2.05, 4.69) is 12.2 Å². The molecule has 98 valence electrons. The molecule has 1 heterocycles. The molecule has 0 aromatic heterocycles. The predicted octanol–water partition coefficient (Wildman–Crippen LogP) is 3.12. The molecular formula is C15H21NO2. The Morgan fingerprint density at radius 1 is 1.39 bits per heavy atom. The Morgan fingerprint density at radius 3 is 2.67 bits per heavy atom. The third kappa shape index (κ3) is 3.10. The van der Waals surface area contributed by atoms with Gasteiger partial charge in [-0.25, -0.2) is 0 Å². The van der Waals surface area contributed by atoms with Crippen LogP contribution in [0.1, 0.15) is 37.0 Å². The standard InChI is InChI=1S/C15H21NO2/c1-3-15(17)12-4-6-14(7-5-12)16-10-13-8-9-18-11(13)2/h4-7,11,13,16H,3,8-10H2,1-2H3. The van der Waals surface area contributed by atoms with Crippen LogP contribution < -0.4 is 5.32 Å². The molecule has 18 heavy (non-hydrogen) atoms. The van der Waals surface area contributed by atoms with Gasteiger partial charge in [0.05, 0.1) is 6.10 Å². The lowest BCUT2D eigenvalue weighted by Crippen LogP contribution is -2.20. The molecule has 0 aliphatic carbocycles. The summed E-state index contributed by atoms with van der Waals surface area (Å²) in [5.41, 5.74) is 1.86. The van der Waals surface area contributed by atoms with Gasteiger partial charge in [0, 0.05) is 36.7 Å². The second-order valence-corrected chi connectivity index (χ2v) is 4.86. The topological polar surface area (TPSA) is 38.3 Å². The van der Waals surface area contributed by atoms with E-state index < -0.39 is 0 Å². The molecule has 0 spiro atoms. The van der Waals surface area contributed by atoms with Crippen molar-refractivity contribution in [2.24, 2.45) is 5.92 Å². The van der Waals surface area contributed by atoms with Gasteiger partial charge in [0.1, 0.15) is 0 Å². The molecule has 1 fully saturated rings. The summed E-state index contributed by atoms with van der Waals surface area (Å²) in [4.78, 5) is 11.5. The van der Waals surface area contributed by atoms with E-state index in [4.69, 9.17) is 4.74 Å². The summed E-state index contributed by atoms with van der Waals surface area (Å²) >= 11 is 0. The summed E-state index contributed by atoms with van der Waals surface area (Å²) < 4.78 is 5.53. The highest BCUT2D eigenvalue weighted by Crippen LogP contribution is 2.21. The highest BCUT2D eigenvalue weighted by Gasteiger charge is 2.23. The molecule has 0 bridgehead atoms. The molecule has 1 aromatic rings. The number of ketones is 1. The van der Waals surface area contributed by atoms with E-state index in [1.165, 1.54) is 0 Å². The van der Waals surface area contributed by atoms with Gasteiger partial charge in [0.15, 0.2) is 5.78 Å². The number of Topliss-reactive ketones (excluding diaryl/α,β-unsaturated/α-hetero) is 1. The molecule has 1 aromatic carbocycles. The van der Waals surface area contributed by atoms with E-state index in [1.54, 1.807) is 0 Å². The van der Waals surface area contributed by atoms with Crippen molar-refractivity contribution in [3.05, 3.63) is 29.8 Å². The molecular weight excluding hydrogens is 226 g/mol. The molecule has 3 nitrogen and oxygen atoms in total. The van der Waals surface area contributed by atoms with Gasteiger partial charge < -0.3 is 10.1 Å². The van der Waals surface area contributed by atoms with E-state index in [0.29, 0.717) is 18.4 Å². The molecule has 1 aliphatic rings. The zero-order valence-corrected chi connectivity index (χ0v) is 11.1. The summed E-state index contributed by atoms with van der Waals surface area (Å²) in [5.74, 6) is 0.779. The quantitative estimate of drug-likeness (QED) is 0.812. The van der Waals surface area contributed by atoms with Crippen molar-refractivity contribution in [2.75, 3.05) is 18.5 Å². The summed E-state index contributed by atoms with van der Waals surface area (Å²) in [6, 6.07) is 7.73. The van der Waals surface area contributed by atoms with Crippen LogP contribution >= 0.6 is 0 Å². The highest BCUT2D eigenvalue weighted by atomic mass is 16.5. The van der Waals surface area contributed by atoms with Crippen molar-refractivity contribution in [1.82, 2.24) is 0 Å². The van der Waals surface area contributed by atoms with E-state index in [9.17, 15) is 4.79 Å². The number of ether oxygens (including phenoxy) is 1. The molecule has 2 unspecified atom stereocenters. The third-order valence-electron chi connectivity index (χ3n) is 3.63. The Balaban J connectivity index is 1.88. The first-order valence-electron chi connectivity index (χ1n) is 6.69. The normalized spacial score (nSPS) is 23.0. The van der Waals surface area contributed by atoms with Crippen LogP contribution in [0.5, 0.6) is 0 Å². The maximum absolute atomic E-state index is 11.5. The van der Waals surface area contributed by atoms with Gasteiger partial charge in [-0.1, -0.05) is 6.92 Å². The number of carbonyl (C=O) groups excluding carboxylic acids is 1. The van der Waals surface area contributed by atoms with Gasteiger partial charge in [-0.2, -0.15) is 0 Å². The number of nitrogens with one attached hydrogen (secondary N) is 1. The molecule has 0 amide bonds. The van der Waals surface area contributed by atoms with E-state index in [-0.39, 0.29) is 5.78 Å². The fraction of sp³-hybridized carbons (Fsp3) is 0.533. The zero-order valence-electron chi connectivity index (χ0n) is 11.1. The lowest BCUT2D eigenvalue weighted by Gasteiger charge is -2.15. The van der Waals surface area contributed by atoms with Crippen LogP contribution in [0.2, 0.25) is 0 Å². The van der Waals surface area contributed by atoms with Gasteiger partial charge in [-0.05, 0) is 37.6 Å². The summed E-state index contributed by atoms with van der Waals surface area (Å²) in [6.07, 6.45) is 2.03. The van der Waals surface area contributed by atoms with Crippen LogP contribution in [-0.4, -0.2) is 25.0 Å². The minimum Gasteiger partial charge on any atom is -0.385 e. The Labute approximate surface area is 109 Å². The summed E-state index contributed by atoms with van der Waals surface area (Å²) in [7, 11) is 0. The first-order valence-corrected chi connectivity index (χ1v) is 6.69. The molecule has 1 aliphatic heterocycles. The van der Waals surface area contributed by atoms with E-state index in [0.717, 1.165) is 30.8 Å². The van der Waals surface area contributed by atoms with Gasteiger partial charge in [-0.15, -0.1) is 0 Å². The Morgan fingerprint density at radius 2 is 2.11 bits per heavy atom. The predicted molar refractivity (Wildman–Crippen MR) is 73.1 cm³/mol. The minimum atomic E-state index is 0.194. The average molecular weight is 247 g/mol. The first-order chi connectivity index (χ1) is 8.70. The Bertz CT molecular complexity index is 399. The molecule has 1 N–H and O–H groups in total. The number of benzene rings is 1. The average Bonchev–Trinajstić information content (AvgIpc) is 2.81. The first kappa shape index (κ1) is 13.1.